The van der Waals surface area contributed by atoms with Gasteiger partial charge in [0.1, 0.15) is 0 Å². The number of allylic oxidation sites excluding steroid dienone is 2. The number of carbonyl (C=O) groups excluding carboxylic acids is 1. The molecule has 212 valence electrons. The van der Waals surface area contributed by atoms with Gasteiger partial charge in [0, 0.05) is 6.42 Å². The fraction of sp³-hybridized carbons (Fsp3) is 0.581. The van der Waals surface area contributed by atoms with Crippen molar-refractivity contribution in [2.24, 2.45) is 0 Å². The van der Waals surface area contributed by atoms with Crippen LogP contribution in [-0.4, -0.2) is 18.6 Å². The van der Waals surface area contributed by atoms with Crippen LogP contribution < -0.4 is 15.1 Å². The maximum absolute atomic E-state index is 12.6. The van der Waals surface area contributed by atoms with Gasteiger partial charge in [0.15, 0.2) is 0 Å². The minimum absolute atomic E-state index is 0.150. The number of unbranched alkanes of at least 4 members (excludes halogenated alkanes) is 11. The zero-order valence-electron chi connectivity index (χ0n) is 23.1. The van der Waals surface area contributed by atoms with Crippen LogP contribution in [0, 0.1) is 0 Å². The molecule has 0 aliphatic heterocycles. The maximum Gasteiger partial charge on any atom is 0.220 e. The molecule has 0 radical (unpaired) electrons. The van der Waals surface area contributed by atoms with Gasteiger partial charge in [-0.2, -0.15) is 0 Å². The summed E-state index contributed by atoms with van der Waals surface area (Å²) >= 11 is 0. The summed E-state index contributed by atoms with van der Waals surface area (Å²) in [5.74, 6) is -0.150. The van der Waals surface area contributed by atoms with E-state index in [1.807, 2.05) is 42.5 Å². The lowest BCUT2D eigenvalue weighted by Gasteiger charge is -2.31. The molecule has 2 rings (SSSR count). The number of nitrogens with one attached hydrogen (secondary N) is 1. The quantitative estimate of drug-likeness (QED) is 0.107. The molecule has 6 nitrogen and oxygen atoms in total. The molecule has 1 unspecified atom stereocenters. The van der Waals surface area contributed by atoms with Crippen LogP contribution in [0.25, 0.3) is 10.8 Å². The molecule has 0 saturated heterocycles. The van der Waals surface area contributed by atoms with Crippen molar-refractivity contribution < 1.29 is 23.7 Å². The van der Waals surface area contributed by atoms with Gasteiger partial charge in [0.25, 0.3) is 0 Å². The third-order valence-electron chi connectivity index (χ3n) is 6.81. The zero-order chi connectivity index (χ0) is 27.5. The summed E-state index contributed by atoms with van der Waals surface area (Å²) in [6.07, 6.45) is 20.9. The number of amides is 1. The molecule has 0 bridgehead atoms. The van der Waals surface area contributed by atoms with E-state index in [0.717, 1.165) is 48.4 Å². The van der Waals surface area contributed by atoms with Crippen molar-refractivity contribution in [3.63, 3.8) is 0 Å². The van der Waals surface area contributed by atoms with Gasteiger partial charge < -0.3 is 24.2 Å². The van der Waals surface area contributed by atoms with E-state index in [1.165, 1.54) is 51.4 Å². The Kier molecular flexibility index (Phi) is 16.2. The Bertz CT molecular complexity index is 997. The van der Waals surface area contributed by atoms with Crippen molar-refractivity contribution in [1.82, 2.24) is 5.32 Å². The van der Waals surface area contributed by atoms with E-state index >= 15 is 0 Å². The summed E-state index contributed by atoms with van der Waals surface area (Å²) < 4.78 is 15.6. The number of benzene rings is 2. The van der Waals surface area contributed by atoms with Crippen LogP contribution >= 0.6 is 7.82 Å². The Morgan fingerprint density at radius 2 is 1.47 bits per heavy atom. The Balaban J connectivity index is 1.64. The summed E-state index contributed by atoms with van der Waals surface area (Å²) in [6, 6.07) is 13.1. The van der Waals surface area contributed by atoms with E-state index in [9.17, 15) is 19.1 Å². The molecule has 0 aliphatic rings. The highest BCUT2D eigenvalue weighted by Gasteiger charge is 2.15. The molecule has 2 aromatic rings. The van der Waals surface area contributed by atoms with E-state index in [4.69, 9.17) is 0 Å². The van der Waals surface area contributed by atoms with Gasteiger partial charge in [0.2, 0.25) is 5.91 Å². The van der Waals surface area contributed by atoms with E-state index < -0.39 is 13.9 Å². The predicted molar refractivity (Wildman–Crippen MR) is 153 cm³/mol. The molecule has 0 saturated carbocycles. The predicted octanol–water partition coefficient (Wildman–Crippen LogP) is 6.75. The van der Waals surface area contributed by atoms with Crippen molar-refractivity contribution in [2.45, 2.75) is 109 Å². The van der Waals surface area contributed by atoms with Crippen molar-refractivity contribution >= 4 is 24.5 Å². The van der Waals surface area contributed by atoms with Crippen LogP contribution in [0.15, 0.2) is 54.6 Å². The topological polar surface area (TPSA) is 102 Å². The first-order valence-corrected chi connectivity index (χ1v) is 15.9. The highest BCUT2D eigenvalue weighted by molar-refractivity contribution is 7.43. The van der Waals surface area contributed by atoms with E-state index in [2.05, 4.69) is 28.9 Å². The fourth-order valence-corrected chi connectivity index (χ4v) is 5.09. The lowest BCUT2D eigenvalue weighted by Crippen LogP contribution is -2.40. The van der Waals surface area contributed by atoms with E-state index in [-0.39, 0.29) is 12.5 Å². The number of phosphoric ester groups is 1. The fourth-order valence-electron chi connectivity index (χ4n) is 4.72. The Morgan fingerprint density at radius 1 is 0.868 bits per heavy atom. The average molecular weight is 544 g/mol. The van der Waals surface area contributed by atoms with E-state index in [1.54, 1.807) is 0 Å². The minimum Gasteiger partial charge on any atom is -0.790 e. The molecule has 0 spiro atoms. The van der Waals surface area contributed by atoms with Gasteiger partial charge in [-0.15, -0.1) is 0 Å². The summed E-state index contributed by atoms with van der Waals surface area (Å²) in [5, 5.41) is 4.97. The maximum atomic E-state index is 12.6. The SMILES string of the molecule is CCCCCCCC/C=C\CCCCCCCC(=O)NC(COP(=O)([O-])[O-])Cc1cccc2ccccc12. The first kappa shape index (κ1) is 32.2. The normalized spacial score (nSPS) is 12.8. The molecule has 0 aliphatic carbocycles. The number of hydrogen-bond donors (Lipinski definition) is 1. The molecule has 1 N–H and O–H groups in total. The molecule has 0 fully saturated rings. The molecule has 7 heteroatoms. The molecule has 0 heterocycles. The highest BCUT2D eigenvalue weighted by atomic mass is 31.2. The van der Waals surface area contributed by atoms with Gasteiger partial charge in [-0.3, -0.25) is 4.79 Å². The lowest BCUT2D eigenvalue weighted by molar-refractivity contribution is -0.342. The highest BCUT2D eigenvalue weighted by Crippen LogP contribution is 2.26. The van der Waals surface area contributed by atoms with Gasteiger partial charge in [-0.1, -0.05) is 113 Å². The van der Waals surface area contributed by atoms with Gasteiger partial charge in [-0.25, -0.2) is 0 Å². The Hall–Kier alpha value is -1.98. The van der Waals surface area contributed by atoms with Crippen molar-refractivity contribution in [3.05, 3.63) is 60.2 Å². The molecule has 38 heavy (non-hydrogen) atoms. The Morgan fingerprint density at radius 3 is 2.16 bits per heavy atom. The number of fused-ring (bicyclic) bond motifs is 1. The minimum atomic E-state index is -5.13. The molecule has 0 aromatic heterocycles. The van der Waals surface area contributed by atoms with Crippen LogP contribution in [0.3, 0.4) is 0 Å². The van der Waals surface area contributed by atoms with Crippen molar-refractivity contribution in [2.75, 3.05) is 6.61 Å². The second kappa shape index (κ2) is 19.1. The average Bonchev–Trinajstić information content (AvgIpc) is 2.89. The second-order valence-corrected chi connectivity index (χ2v) is 11.3. The number of phosphoric acid groups is 1. The summed E-state index contributed by atoms with van der Waals surface area (Å²) in [7, 11) is -5.13. The van der Waals surface area contributed by atoms with E-state index in [0.29, 0.717) is 12.8 Å². The summed E-state index contributed by atoms with van der Waals surface area (Å²) in [6.45, 7) is 1.88. The largest absolute Gasteiger partial charge is 0.790 e. The number of carbonyl (C=O) groups is 1. The zero-order valence-corrected chi connectivity index (χ0v) is 24.0. The van der Waals surface area contributed by atoms with Gasteiger partial charge >= 0.3 is 0 Å². The molecule has 1 atom stereocenters. The smallest absolute Gasteiger partial charge is 0.220 e. The molecule has 2 aromatic carbocycles. The Labute approximate surface area is 229 Å². The summed E-state index contributed by atoms with van der Waals surface area (Å²) in [5.41, 5.74) is 0.963. The van der Waals surface area contributed by atoms with Crippen LogP contribution in [0.2, 0.25) is 0 Å². The van der Waals surface area contributed by atoms with Gasteiger partial charge in [-0.05, 0) is 54.9 Å². The first-order valence-electron chi connectivity index (χ1n) is 14.5. The first-order chi connectivity index (χ1) is 18.4. The van der Waals surface area contributed by atoms with Crippen LogP contribution in [0.1, 0.15) is 102 Å². The monoisotopic (exact) mass is 543 g/mol. The lowest BCUT2D eigenvalue weighted by atomic mass is 9.99. The van der Waals surface area contributed by atoms with Crippen LogP contribution in [0.4, 0.5) is 0 Å². The third kappa shape index (κ3) is 14.8. The molecular formula is C31H46NO5P-2. The van der Waals surface area contributed by atoms with Crippen molar-refractivity contribution in [1.29, 1.82) is 0 Å². The molecular weight excluding hydrogens is 497 g/mol. The number of rotatable bonds is 21. The van der Waals surface area contributed by atoms with Crippen LogP contribution in [-0.2, 0) is 20.3 Å². The van der Waals surface area contributed by atoms with Gasteiger partial charge in [0.05, 0.1) is 20.5 Å². The standard InChI is InChI=1S/C31H48NO5P/c1-2-3-4-5-6-7-8-9-10-11-12-13-14-15-16-24-31(33)32-29(26-37-38(34,35)36)25-28-22-19-21-27-20-17-18-23-30(27)28/h9-10,17-23,29H,2-8,11-16,24-26H2,1H3,(H,32,33)(H2,34,35,36)/p-2/b10-9-. The number of hydrogen-bond acceptors (Lipinski definition) is 5. The van der Waals surface area contributed by atoms with Crippen LogP contribution in [0.5, 0.6) is 0 Å². The summed E-state index contributed by atoms with van der Waals surface area (Å²) in [4.78, 5) is 34.7. The third-order valence-corrected chi connectivity index (χ3v) is 7.28. The van der Waals surface area contributed by atoms with Crippen molar-refractivity contribution in [3.8, 4) is 0 Å². The second-order valence-electron chi connectivity index (χ2n) is 10.2. The molecule has 1 amide bonds.